The van der Waals surface area contributed by atoms with Crippen LogP contribution in [0.15, 0.2) is 43.1 Å². The minimum Gasteiger partial charge on any atom is -0.360 e. The Kier molecular flexibility index (Phi) is 6.13. The summed E-state index contributed by atoms with van der Waals surface area (Å²) in [4.78, 5) is 0.0387. The fourth-order valence-corrected chi connectivity index (χ4v) is 5.75. The molecular formula is C18H22N4O6S2. The number of hydrogen-bond donors (Lipinski definition) is 2. The quantitative estimate of drug-likeness (QED) is 0.525. The predicted molar refractivity (Wildman–Crippen MR) is 106 cm³/mol. The van der Waals surface area contributed by atoms with Crippen molar-refractivity contribution in [2.75, 3.05) is 0 Å². The SMILES string of the molecule is Cc1noc(C)c1S(=O)(=O)NCc1cccc(CNS(=O)(=O)c2c(C)noc2C)c1. The zero-order valence-electron chi connectivity index (χ0n) is 16.9. The van der Waals surface area contributed by atoms with Crippen molar-refractivity contribution < 1.29 is 25.9 Å². The van der Waals surface area contributed by atoms with Crippen molar-refractivity contribution in [3.8, 4) is 0 Å². The number of hydrogen-bond acceptors (Lipinski definition) is 8. The molecule has 0 saturated carbocycles. The molecule has 30 heavy (non-hydrogen) atoms. The third-order valence-electron chi connectivity index (χ3n) is 4.40. The summed E-state index contributed by atoms with van der Waals surface area (Å²) < 4.78 is 65.0. The van der Waals surface area contributed by atoms with Crippen molar-refractivity contribution in [2.45, 2.75) is 50.6 Å². The molecule has 0 unspecified atom stereocenters. The fraction of sp³-hybridized carbons (Fsp3) is 0.333. The van der Waals surface area contributed by atoms with E-state index in [1.165, 1.54) is 13.8 Å². The van der Waals surface area contributed by atoms with Gasteiger partial charge in [-0.05, 0) is 38.8 Å². The lowest BCUT2D eigenvalue weighted by atomic mass is 10.1. The van der Waals surface area contributed by atoms with Gasteiger partial charge in [-0.25, -0.2) is 26.3 Å². The molecule has 0 bridgehead atoms. The number of nitrogens with one attached hydrogen (secondary N) is 2. The molecule has 2 aromatic heterocycles. The van der Waals surface area contributed by atoms with Gasteiger partial charge in [0.05, 0.1) is 0 Å². The summed E-state index contributed by atoms with van der Waals surface area (Å²) in [6, 6.07) is 6.91. The second kappa shape index (κ2) is 8.30. The molecule has 2 heterocycles. The highest BCUT2D eigenvalue weighted by atomic mass is 32.2. The van der Waals surface area contributed by atoms with Gasteiger partial charge in [0.1, 0.15) is 21.2 Å². The van der Waals surface area contributed by atoms with Gasteiger partial charge in [-0.1, -0.05) is 34.6 Å². The summed E-state index contributed by atoms with van der Waals surface area (Å²) >= 11 is 0. The maximum Gasteiger partial charge on any atom is 0.246 e. The maximum absolute atomic E-state index is 12.5. The highest BCUT2D eigenvalue weighted by molar-refractivity contribution is 7.89. The predicted octanol–water partition coefficient (Wildman–Crippen LogP) is 1.85. The lowest BCUT2D eigenvalue weighted by molar-refractivity contribution is 0.390. The summed E-state index contributed by atoms with van der Waals surface area (Å²) in [7, 11) is -7.60. The largest absolute Gasteiger partial charge is 0.360 e. The first kappa shape index (κ1) is 22.2. The van der Waals surface area contributed by atoms with Crippen molar-refractivity contribution in [2.24, 2.45) is 0 Å². The van der Waals surface area contributed by atoms with E-state index in [0.717, 1.165) is 0 Å². The number of sulfonamides is 2. The van der Waals surface area contributed by atoms with Gasteiger partial charge in [-0.2, -0.15) is 0 Å². The van der Waals surface area contributed by atoms with Crippen LogP contribution in [-0.4, -0.2) is 27.1 Å². The normalized spacial score (nSPS) is 12.4. The average molecular weight is 455 g/mol. The molecule has 0 saturated heterocycles. The van der Waals surface area contributed by atoms with Crippen LogP contribution in [0.3, 0.4) is 0 Å². The van der Waals surface area contributed by atoms with E-state index in [1.807, 2.05) is 0 Å². The van der Waals surface area contributed by atoms with Gasteiger partial charge in [-0.3, -0.25) is 0 Å². The molecule has 10 nitrogen and oxygen atoms in total. The molecule has 0 aliphatic rings. The molecule has 0 spiro atoms. The first-order valence-corrected chi connectivity index (χ1v) is 11.9. The standard InChI is InChI=1S/C18H22N4O6S2/c1-11-17(13(3)27-21-11)29(23,24)19-9-15-6-5-7-16(8-15)10-20-30(25,26)18-12(2)22-28-14(18)4/h5-8,19-20H,9-10H2,1-4H3. The van der Waals surface area contributed by atoms with Crippen LogP contribution in [0.1, 0.15) is 34.0 Å². The van der Waals surface area contributed by atoms with Crippen molar-refractivity contribution in [1.29, 1.82) is 0 Å². The van der Waals surface area contributed by atoms with Crippen LogP contribution in [0.4, 0.5) is 0 Å². The van der Waals surface area contributed by atoms with E-state index in [-0.39, 0.29) is 45.8 Å². The van der Waals surface area contributed by atoms with Crippen molar-refractivity contribution in [3.05, 3.63) is 58.3 Å². The van der Waals surface area contributed by atoms with Crippen molar-refractivity contribution in [3.63, 3.8) is 0 Å². The summed E-state index contributed by atoms with van der Waals surface area (Å²) in [5, 5.41) is 7.32. The van der Waals surface area contributed by atoms with Gasteiger partial charge in [0, 0.05) is 13.1 Å². The number of aryl methyl sites for hydroxylation is 4. The molecular weight excluding hydrogens is 432 g/mol. The van der Waals surface area contributed by atoms with Crippen LogP contribution >= 0.6 is 0 Å². The van der Waals surface area contributed by atoms with Gasteiger partial charge in [0.15, 0.2) is 11.5 Å². The van der Waals surface area contributed by atoms with Crippen molar-refractivity contribution >= 4 is 20.0 Å². The van der Waals surface area contributed by atoms with Crippen LogP contribution in [0, 0.1) is 27.7 Å². The first-order valence-electron chi connectivity index (χ1n) is 8.94. The smallest absolute Gasteiger partial charge is 0.246 e. The summed E-state index contributed by atoms with van der Waals surface area (Å²) in [5.41, 5.74) is 1.89. The molecule has 1 aromatic carbocycles. The highest BCUT2D eigenvalue weighted by Gasteiger charge is 2.25. The summed E-state index contributed by atoms with van der Waals surface area (Å²) in [6.07, 6.45) is 0. The minimum atomic E-state index is -3.80. The molecule has 12 heteroatoms. The molecule has 0 amide bonds. The number of benzene rings is 1. The van der Waals surface area contributed by atoms with Crippen LogP contribution in [0.5, 0.6) is 0 Å². The third kappa shape index (κ3) is 4.61. The van der Waals surface area contributed by atoms with Gasteiger partial charge in [0.2, 0.25) is 20.0 Å². The summed E-state index contributed by atoms with van der Waals surface area (Å²) in [6.45, 7) is 6.21. The van der Waals surface area contributed by atoms with Crippen LogP contribution in [-0.2, 0) is 33.1 Å². The Labute approximate surface area is 174 Å². The molecule has 0 aliphatic heterocycles. The lowest BCUT2D eigenvalue weighted by Crippen LogP contribution is -2.25. The topological polar surface area (TPSA) is 144 Å². The zero-order valence-corrected chi connectivity index (χ0v) is 18.5. The average Bonchev–Trinajstić information content (AvgIpc) is 3.20. The van der Waals surface area contributed by atoms with Crippen LogP contribution in [0.25, 0.3) is 0 Å². The van der Waals surface area contributed by atoms with E-state index in [0.29, 0.717) is 11.1 Å². The van der Waals surface area contributed by atoms with Gasteiger partial charge < -0.3 is 9.05 Å². The molecule has 0 radical (unpaired) electrons. The Bertz CT molecular complexity index is 1140. The van der Waals surface area contributed by atoms with E-state index >= 15 is 0 Å². The summed E-state index contributed by atoms with van der Waals surface area (Å²) in [5.74, 6) is 0.421. The zero-order chi connectivity index (χ0) is 22.1. The Hall–Kier alpha value is -2.54. The fourth-order valence-electron chi connectivity index (χ4n) is 3.07. The second-order valence-corrected chi connectivity index (χ2v) is 10.2. The Morgan fingerprint density at radius 3 is 1.50 bits per heavy atom. The maximum atomic E-state index is 12.5. The van der Waals surface area contributed by atoms with E-state index in [2.05, 4.69) is 19.8 Å². The number of nitrogens with zero attached hydrogens (tertiary/aromatic N) is 2. The monoisotopic (exact) mass is 454 g/mol. The molecule has 0 atom stereocenters. The molecule has 0 aliphatic carbocycles. The van der Waals surface area contributed by atoms with E-state index < -0.39 is 20.0 Å². The lowest BCUT2D eigenvalue weighted by Gasteiger charge is -2.09. The van der Waals surface area contributed by atoms with E-state index in [9.17, 15) is 16.8 Å². The Morgan fingerprint density at radius 1 is 0.767 bits per heavy atom. The van der Waals surface area contributed by atoms with Crippen LogP contribution in [0.2, 0.25) is 0 Å². The van der Waals surface area contributed by atoms with E-state index in [4.69, 9.17) is 9.05 Å². The number of rotatable bonds is 8. The van der Waals surface area contributed by atoms with Crippen LogP contribution < -0.4 is 9.44 Å². The molecule has 162 valence electrons. The number of aromatic nitrogens is 2. The van der Waals surface area contributed by atoms with Crippen molar-refractivity contribution in [1.82, 2.24) is 19.8 Å². The minimum absolute atomic E-state index is 0.0193. The Balaban J connectivity index is 1.70. The Morgan fingerprint density at radius 2 is 1.17 bits per heavy atom. The van der Waals surface area contributed by atoms with Gasteiger partial charge >= 0.3 is 0 Å². The van der Waals surface area contributed by atoms with E-state index in [1.54, 1.807) is 38.1 Å². The highest BCUT2D eigenvalue weighted by Crippen LogP contribution is 2.20. The molecule has 2 N–H and O–H groups in total. The second-order valence-electron chi connectivity index (χ2n) is 6.78. The molecule has 3 aromatic rings. The van der Waals surface area contributed by atoms with Gasteiger partial charge in [-0.15, -0.1) is 0 Å². The first-order chi connectivity index (χ1) is 14.0. The third-order valence-corrected chi connectivity index (χ3v) is 7.69. The van der Waals surface area contributed by atoms with Gasteiger partial charge in [0.25, 0.3) is 0 Å². The molecule has 3 rings (SSSR count). The molecule has 0 fully saturated rings.